The van der Waals surface area contributed by atoms with Crippen LogP contribution in [0.1, 0.15) is 12.6 Å². The van der Waals surface area contributed by atoms with Crippen molar-refractivity contribution in [2.45, 2.75) is 6.92 Å². The molecule has 7 nitrogen and oxygen atoms in total. The number of likely N-dealkylation sites (N-methyl/N-ethyl adjacent to an activating group) is 1. The second-order valence-corrected chi connectivity index (χ2v) is 8.95. The third-order valence-corrected chi connectivity index (χ3v) is 6.77. The second kappa shape index (κ2) is 8.92. The Balaban J connectivity index is 1.48. The highest BCUT2D eigenvalue weighted by atomic mass is 32.2. The van der Waals surface area contributed by atoms with E-state index in [9.17, 15) is 9.59 Å². The standard InChI is InChI=1S/C24H22FN5O2S/c1-2-29-7-9-30(10-8-29)20-6-4-15(11-19(20)25)18-14-26-13-16-3-5-17(27-22(16)18)12-21-23(31)28-24(32)33-21/h3-6,11-14H,2,7-10H2,1H3,(H,28,31,32). The fourth-order valence-corrected chi connectivity index (χ4v) is 4.81. The Kier molecular flexibility index (Phi) is 5.82. The zero-order valence-corrected chi connectivity index (χ0v) is 18.9. The summed E-state index contributed by atoms with van der Waals surface area (Å²) in [5, 5.41) is 2.64. The number of benzene rings is 1. The minimum atomic E-state index is -0.431. The molecule has 2 aromatic heterocycles. The van der Waals surface area contributed by atoms with Crippen LogP contribution >= 0.6 is 11.8 Å². The van der Waals surface area contributed by atoms with Gasteiger partial charge in [0.05, 0.1) is 21.8 Å². The van der Waals surface area contributed by atoms with Crippen molar-refractivity contribution in [1.82, 2.24) is 20.2 Å². The number of nitrogens with zero attached hydrogens (tertiary/aromatic N) is 4. The minimum Gasteiger partial charge on any atom is -0.367 e. The smallest absolute Gasteiger partial charge is 0.290 e. The average molecular weight is 464 g/mol. The van der Waals surface area contributed by atoms with Crippen molar-refractivity contribution in [3.8, 4) is 11.1 Å². The number of carbonyl (C=O) groups excluding carboxylic acids is 2. The van der Waals surface area contributed by atoms with Gasteiger partial charge in [-0.05, 0) is 54.2 Å². The monoisotopic (exact) mass is 463 g/mol. The van der Waals surface area contributed by atoms with Gasteiger partial charge in [-0.1, -0.05) is 13.0 Å². The van der Waals surface area contributed by atoms with E-state index in [1.54, 1.807) is 24.5 Å². The molecule has 3 aromatic rings. The molecule has 2 saturated heterocycles. The van der Waals surface area contributed by atoms with Gasteiger partial charge in [-0.25, -0.2) is 9.37 Å². The van der Waals surface area contributed by atoms with Crippen molar-refractivity contribution >= 4 is 45.6 Å². The predicted octanol–water partition coefficient (Wildman–Crippen LogP) is 3.90. The second-order valence-electron chi connectivity index (χ2n) is 7.93. The van der Waals surface area contributed by atoms with Crippen molar-refractivity contribution in [1.29, 1.82) is 0 Å². The zero-order valence-electron chi connectivity index (χ0n) is 18.0. The fraction of sp³-hybridized carbons (Fsp3) is 0.250. The SMILES string of the molecule is CCN1CCN(c2ccc(-c3cncc4ccc(C=C5SC(=O)NC5=O)nc34)cc2F)CC1. The number of hydrogen-bond acceptors (Lipinski definition) is 7. The van der Waals surface area contributed by atoms with E-state index < -0.39 is 11.1 Å². The number of hydrogen-bond donors (Lipinski definition) is 1. The normalized spacial score (nSPS) is 18.4. The lowest BCUT2D eigenvalue weighted by molar-refractivity contribution is -0.115. The van der Waals surface area contributed by atoms with Crippen molar-refractivity contribution in [3.05, 3.63) is 59.1 Å². The Hall–Kier alpha value is -3.30. The van der Waals surface area contributed by atoms with E-state index in [-0.39, 0.29) is 5.82 Å². The van der Waals surface area contributed by atoms with Gasteiger partial charge < -0.3 is 9.80 Å². The van der Waals surface area contributed by atoms with Crippen LogP contribution in [0.25, 0.3) is 28.1 Å². The Morgan fingerprint density at radius 3 is 2.64 bits per heavy atom. The molecule has 33 heavy (non-hydrogen) atoms. The topological polar surface area (TPSA) is 78.4 Å². The molecule has 0 saturated carbocycles. The summed E-state index contributed by atoms with van der Waals surface area (Å²) >= 11 is 0.845. The van der Waals surface area contributed by atoms with Gasteiger partial charge in [0.1, 0.15) is 5.82 Å². The average Bonchev–Trinajstić information content (AvgIpc) is 3.15. The number of halogens is 1. The Morgan fingerprint density at radius 2 is 1.94 bits per heavy atom. The van der Waals surface area contributed by atoms with Gasteiger partial charge in [0.2, 0.25) is 0 Å². The number of imide groups is 1. The summed E-state index contributed by atoms with van der Waals surface area (Å²) in [6, 6.07) is 8.86. The minimum absolute atomic E-state index is 0.273. The third-order valence-electron chi connectivity index (χ3n) is 5.96. The number of pyridine rings is 2. The lowest BCUT2D eigenvalue weighted by Crippen LogP contribution is -2.46. The molecule has 4 heterocycles. The largest absolute Gasteiger partial charge is 0.367 e. The number of aromatic nitrogens is 2. The van der Waals surface area contributed by atoms with E-state index in [4.69, 9.17) is 0 Å². The first-order chi connectivity index (χ1) is 16.0. The van der Waals surface area contributed by atoms with Gasteiger partial charge in [0.15, 0.2) is 0 Å². The first-order valence-electron chi connectivity index (χ1n) is 10.8. The summed E-state index contributed by atoms with van der Waals surface area (Å²) in [5.74, 6) is -0.704. The van der Waals surface area contributed by atoms with Crippen LogP contribution < -0.4 is 10.2 Å². The highest BCUT2D eigenvalue weighted by Crippen LogP contribution is 2.32. The number of piperazine rings is 1. The van der Waals surface area contributed by atoms with Crippen molar-refractivity contribution in [2.24, 2.45) is 0 Å². The molecular formula is C24H22FN5O2S. The van der Waals surface area contributed by atoms with E-state index >= 15 is 4.39 Å². The molecule has 168 valence electrons. The van der Waals surface area contributed by atoms with Crippen molar-refractivity contribution in [2.75, 3.05) is 37.6 Å². The summed E-state index contributed by atoms with van der Waals surface area (Å²) in [5.41, 5.74) is 3.18. The Bertz CT molecular complexity index is 1290. The number of fused-ring (bicyclic) bond motifs is 1. The molecular weight excluding hydrogens is 441 g/mol. The van der Waals surface area contributed by atoms with Crippen LogP contribution in [0.3, 0.4) is 0 Å². The summed E-state index contributed by atoms with van der Waals surface area (Å²) in [6.45, 7) is 6.60. The fourth-order valence-electron chi connectivity index (χ4n) is 4.14. The third kappa shape index (κ3) is 4.34. The molecule has 0 radical (unpaired) electrons. The van der Waals surface area contributed by atoms with E-state index in [0.717, 1.165) is 49.9 Å². The number of rotatable bonds is 4. The van der Waals surface area contributed by atoms with Crippen molar-refractivity contribution in [3.63, 3.8) is 0 Å². The summed E-state index contributed by atoms with van der Waals surface area (Å²) in [6.07, 6.45) is 4.94. The highest BCUT2D eigenvalue weighted by Gasteiger charge is 2.25. The van der Waals surface area contributed by atoms with Gasteiger partial charge in [-0.15, -0.1) is 0 Å². The molecule has 2 amide bonds. The Morgan fingerprint density at radius 1 is 1.12 bits per heavy atom. The van der Waals surface area contributed by atoms with Crippen LogP contribution in [0, 0.1) is 5.82 Å². The van der Waals surface area contributed by atoms with Gasteiger partial charge in [-0.2, -0.15) is 0 Å². The maximum absolute atomic E-state index is 15.1. The lowest BCUT2D eigenvalue weighted by Gasteiger charge is -2.35. The zero-order chi connectivity index (χ0) is 22.9. The van der Waals surface area contributed by atoms with E-state index in [2.05, 4.69) is 32.0 Å². The van der Waals surface area contributed by atoms with Crippen LogP contribution in [0.4, 0.5) is 14.9 Å². The van der Waals surface area contributed by atoms with Crippen LogP contribution in [0.5, 0.6) is 0 Å². The molecule has 9 heteroatoms. The number of nitrogens with one attached hydrogen (secondary N) is 1. The number of amides is 2. The molecule has 2 aliphatic rings. The van der Waals surface area contributed by atoms with E-state index in [1.807, 2.05) is 18.2 Å². The molecule has 0 atom stereocenters. The van der Waals surface area contributed by atoms with Crippen LogP contribution in [0.2, 0.25) is 0 Å². The lowest BCUT2D eigenvalue weighted by atomic mass is 10.0. The van der Waals surface area contributed by atoms with Gasteiger partial charge in [-0.3, -0.25) is 19.9 Å². The predicted molar refractivity (Wildman–Crippen MR) is 128 cm³/mol. The van der Waals surface area contributed by atoms with Crippen LogP contribution in [-0.2, 0) is 4.79 Å². The molecule has 0 bridgehead atoms. The van der Waals surface area contributed by atoms with Gasteiger partial charge >= 0.3 is 0 Å². The van der Waals surface area contributed by atoms with Gasteiger partial charge in [0, 0.05) is 49.5 Å². The quantitative estimate of drug-likeness (QED) is 0.588. The Labute approximate surface area is 194 Å². The van der Waals surface area contributed by atoms with Crippen molar-refractivity contribution < 1.29 is 14.0 Å². The molecule has 0 unspecified atom stereocenters. The number of anilines is 1. The first kappa shape index (κ1) is 21.5. The van der Waals surface area contributed by atoms with Gasteiger partial charge in [0.25, 0.3) is 11.1 Å². The number of carbonyl (C=O) groups is 2. The molecule has 5 rings (SSSR count). The summed E-state index contributed by atoms with van der Waals surface area (Å²) in [7, 11) is 0. The highest BCUT2D eigenvalue weighted by molar-refractivity contribution is 8.18. The maximum atomic E-state index is 15.1. The van der Waals surface area contributed by atoms with E-state index in [0.29, 0.717) is 32.9 Å². The molecule has 1 N–H and O–H groups in total. The number of thioether (sulfide) groups is 1. The molecule has 2 fully saturated rings. The van der Waals surface area contributed by atoms with Crippen LogP contribution in [-0.4, -0.2) is 58.7 Å². The molecule has 1 aromatic carbocycles. The van der Waals surface area contributed by atoms with E-state index in [1.165, 1.54) is 6.07 Å². The summed E-state index contributed by atoms with van der Waals surface area (Å²) < 4.78 is 15.1. The molecule has 0 spiro atoms. The molecule has 2 aliphatic heterocycles. The summed E-state index contributed by atoms with van der Waals surface area (Å²) in [4.78, 5) is 37.0. The first-order valence-corrected chi connectivity index (χ1v) is 11.6. The molecule has 0 aliphatic carbocycles. The van der Waals surface area contributed by atoms with Crippen LogP contribution in [0.15, 0.2) is 47.6 Å². The maximum Gasteiger partial charge on any atom is 0.290 e.